The molecule has 0 aliphatic heterocycles. The van der Waals surface area contributed by atoms with Crippen LogP contribution in [0.1, 0.15) is 21.7 Å². The van der Waals surface area contributed by atoms with Crippen molar-refractivity contribution in [2.45, 2.75) is 25.4 Å². The van der Waals surface area contributed by atoms with Crippen molar-refractivity contribution < 1.29 is 4.79 Å². The van der Waals surface area contributed by atoms with Gasteiger partial charge in [0.05, 0.1) is 0 Å². The van der Waals surface area contributed by atoms with E-state index in [0.29, 0.717) is 20.9 Å². The first-order valence-electron chi connectivity index (χ1n) is 8.40. The molecule has 0 saturated heterocycles. The molecule has 3 aromatic rings. The third kappa shape index (κ3) is 5.85. The third-order valence-electron chi connectivity index (χ3n) is 3.95. The number of hydrogen-bond donors (Lipinski definition) is 2. The number of nitrogens with one attached hydrogen (secondary N) is 2. The van der Waals surface area contributed by atoms with Gasteiger partial charge in [-0.25, -0.2) is 4.79 Å². The maximum atomic E-state index is 12.1. The number of hydrogen-bond acceptors (Lipinski definition) is 5. The zero-order valence-corrected chi connectivity index (χ0v) is 18.4. The van der Waals surface area contributed by atoms with Crippen LogP contribution >= 0.6 is 46.3 Å². The second-order valence-corrected chi connectivity index (χ2v) is 9.00. The Morgan fingerprint density at radius 3 is 2.61 bits per heavy atom. The molecule has 1 aromatic heterocycles. The summed E-state index contributed by atoms with van der Waals surface area (Å²) in [5.74, 6) is 1.42. The molecule has 0 unspecified atom stereocenters. The van der Waals surface area contributed by atoms with Gasteiger partial charge in [0.25, 0.3) is 0 Å². The molecule has 0 saturated carbocycles. The number of urea groups is 1. The highest BCUT2D eigenvalue weighted by atomic mass is 35.5. The van der Waals surface area contributed by atoms with Crippen LogP contribution in [-0.4, -0.2) is 16.2 Å². The highest BCUT2D eigenvalue weighted by Gasteiger charge is 2.10. The largest absolute Gasteiger partial charge is 0.325 e. The molecule has 2 amide bonds. The lowest BCUT2D eigenvalue weighted by Gasteiger charge is -2.07. The van der Waals surface area contributed by atoms with Crippen LogP contribution in [0, 0.1) is 13.8 Å². The molecule has 146 valence electrons. The van der Waals surface area contributed by atoms with E-state index in [1.54, 1.807) is 17.8 Å². The summed E-state index contributed by atoms with van der Waals surface area (Å²) in [5.41, 5.74) is 4.05. The summed E-state index contributed by atoms with van der Waals surface area (Å²) in [6.45, 7) is 4.03. The topological polar surface area (TPSA) is 66.9 Å². The van der Waals surface area contributed by atoms with Crippen LogP contribution in [0.4, 0.5) is 15.6 Å². The predicted octanol–water partition coefficient (Wildman–Crippen LogP) is 6.54. The molecule has 3 rings (SSSR count). The van der Waals surface area contributed by atoms with Crippen molar-refractivity contribution >= 4 is 63.2 Å². The molecule has 2 aromatic carbocycles. The summed E-state index contributed by atoms with van der Waals surface area (Å²) in [5, 5.41) is 16.2. The first-order chi connectivity index (χ1) is 13.4. The fourth-order valence-electron chi connectivity index (χ4n) is 2.33. The molecule has 0 bridgehead atoms. The van der Waals surface area contributed by atoms with E-state index >= 15 is 0 Å². The molecule has 5 nitrogen and oxygen atoms in total. The van der Waals surface area contributed by atoms with Gasteiger partial charge in [0.15, 0.2) is 0 Å². The van der Waals surface area contributed by atoms with Gasteiger partial charge >= 0.3 is 6.03 Å². The van der Waals surface area contributed by atoms with Crippen LogP contribution in [0.15, 0.2) is 36.4 Å². The second kappa shape index (κ2) is 9.60. The normalized spacial score (nSPS) is 10.7. The standard InChI is InChI=1S/C19H18Cl2N4OS2/c1-11-3-6-15(7-12(11)2)22-18(26)23-19-25-24-17(28-19)10-27-9-13-4-5-14(20)8-16(13)21/h3-8H,9-10H2,1-2H3,(H2,22,23,25,26). The number of anilines is 2. The van der Waals surface area contributed by atoms with Gasteiger partial charge in [0.1, 0.15) is 5.01 Å². The lowest BCUT2D eigenvalue weighted by Crippen LogP contribution is -2.19. The Morgan fingerprint density at radius 2 is 1.86 bits per heavy atom. The van der Waals surface area contributed by atoms with E-state index in [2.05, 4.69) is 20.8 Å². The average molecular weight is 453 g/mol. The number of aryl methyl sites for hydroxylation is 2. The summed E-state index contributed by atoms with van der Waals surface area (Å²) in [6, 6.07) is 10.9. The number of carbonyl (C=O) groups is 1. The SMILES string of the molecule is Cc1ccc(NC(=O)Nc2nnc(CSCc3ccc(Cl)cc3Cl)s2)cc1C. The van der Waals surface area contributed by atoms with E-state index in [9.17, 15) is 4.79 Å². The lowest BCUT2D eigenvalue weighted by molar-refractivity contribution is 0.262. The highest BCUT2D eigenvalue weighted by molar-refractivity contribution is 7.97. The average Bonchev–Trinajstić information content (AvgIpc) is 3.07. The number of halogens is 2. The van der Waals surface area contributed by atoms with E-state index in [0.717, 1.165) is 27.6 Å². The summed E-state index contributed by atoms with van der Waals surface area (Å²) < 4.78 is 0. The van der Waals surface area contributed by atoms with Gasteiger partial charge in [-0.15, -0.1) is 22.0 Å². The molecule has 0 radical (unpaired) electrons. The molecule has 28 heavy (non-hydrogen) atoms. The fraction of sp³-hybridized carbons (Fsp3) is 0.211. The lowest BCUT2D eigenvalue weighted by atomic mass is 10.1. The van der Waals surface area contributed by atoms with Crippen LogP contribution < -0.4 is 10.6 Å². The molecule has 0 aliphatic rings. The smallest absolute Gasteiger partial charge is 0.308 e. The van der Waals surface area contributed by atoms with Crippen LogP contribution in [-0.2, 0) is 11.5 Å². The number of aromatic nitrogens is 2. The van der Waals surface area contributed by atoms with Crippen LogP contribution in [0.2, 0.25) is 10.0 Å². The van der Waals surface area contributed by atoms with Gasteiger partial charge in [0, 0.05) is 27.2 Å². The number of nitrogens with zero attached hydrogens (tertiary/aromatic N) is 2. The van der Waals surface area contributed by atoms with Gasteiger partial charge in [-0.3, -0.25) is 5.32 Å². The summed E-state index contributed by atoms with van der Waals surface area (Å²) in [6.07, 6.45) is 0. The van der Waals surface area contributed by atoms with Crippen molar-refractivity contribution in [2.24, 2.45) is 0 Å². The number of rotatable bonds is 6. The maximum absolute atomic E-state index is 12.1. The minimum Gasteiger partial charge on any atom is -0.308 e. The summed E-state index contributed by atoms with van der Waals surface area (Å²) in [4.78, 5) is 12.1. The number of thioether (sulfide) groups is 1. The van der Waals surface area contributed by atoms with E-state index in [4.69, 9.17) is 23.2 Å². The first-order valence-corrected chi connectivity index (χ1v) is 11.1. The predicted molar refractivity (Wildman–Crippen MR) is 120 cm³/mol. The Morgan fingerprint density at radius 1 is 1.04 bits per heavy atom. The maximum Gasteiger partial charge on any atom is 0.325 e. The molecule has 0 aliphatic carbocycles. The highest BCUT2D eigenvalue weighted by Crippen LogP contribution is 2.27. The molecule has 1 heterocycles. The zero-order valence-electron chi connectivity index (χ0n) is 15.3. The van der Waals surface area contributed by atoms with Crippen LogP contribution in [0.25, 0.3) is 0 Å². The quantitative estimate of drug-likeness (QED) is 0.445. The van der Waals surface area contributed by atoms with Crippen molar-refractivity contribution in [1.29, 1.82) is 0 Å². The minimum atomic E-state index is -0.341. The Hall–Kier alpha value is -1.80. The van der Waals surface area contributed by atoms with E-state index in [-0.39, 0.29) is 6.03 Å². The fourth-order valence-corrected chi connectivity index (χ4v) is 4.70. The molecule has 0 atom stereocenters. The van der Waals surface area contributed by atoms with E-state index in [1.165, 1.54) is 16.9 Å². The molecular formula is C19H18Cl2N4OS2. The van der Waals surface area contributed by atoms with Crippen LogP contribution in [0.5, 0.6) is 0 Å². The van der Waals surface area contributed by atoms with E-state index < -0.39 is 0 Å². The first kappa shape index (κ1) is 20.9. The Labute approximate surface area is 181 Å². The van der Waals surface area contributed by atoms with Gasteiger partial charge in [-0.2, -0.15) is 0 Å². The van der Waals surface area contributed by atoms with Crippen molar-refractivity contribution in [3.05, 3.63) is 68.1 Å². The van der Waals surface area contributed by atoms with Crippen molar-refractivity contribution in [1.82, 2.24) is 10.2 Å². The van der Waals surface area contributed by atoms with Gasteiger partial charge in [-0.05, 0) is 54.8 Å². The third-order valence-corrected chi connectivity index (χ3v) is 6.55. The van der Waals surface area contributed by atoms with Gasteiger partial charge in [0.2, 0.25) is 5.13 Å². The number of amides is 2. The Kier molecular flexibility index (Phi) is 7.18. The van der Waals surface area contributed by atoms with Crippen molar-refractivity contribution in [3.8, 4) is 0 Å². The Balaban J connectivity index is 1.49. The monoisotopic (exact) mass is 452 g/mol. The molecule has 9 heteroatoms. The molecule has 2 N–H and O–H groups in total. The summed E-state index contributed by atoms with van der Waals surface area (Å²) >= 11 is 15.1. The van der Waals surface area contributed by atoms with Gasteiger partial charge in [-0.1, -0.05) is 46.7 Å². The molecule has 0 fully saturated rings. The second-order valence-electron chi connectivity index (χ2n) is 6.11. The van der Waals surface area contributed by atoms with Crippen LogP contribution in [0.3, 0.4) is 0 Å². The molecular weight excluding hydrogens is 435 g/mol. The minimum absolute atomic E-state index is 0.341. The van der Waals surface area contributed by atoms with Gasteiger partial charge < -0.3 is 5.32 Å². The molecule has 0 spiro atoms. The van der Waals surface area contributed by atoms with Crippen molar-refractivity contribution in [2.75, 3.05) is 10.6 Å². The Bertz CT molecular complexity index is 994. The van der Waals surface area contributed by atoms with Crippen molar-refractivity contribution in [3.63, 3.8) is 0 Å². The van der Waals surface area contributed by atoms with E-state index in [1.807, 2.05) is 44.2 Å². The number of benzene rings is 2. The zero-order chi connectivity index (χ0) is 20.1. The number of carbonyl (C=O) groups excluding carboxylic acids is 1. The summed E-state index contributed by atoms with van der Waals surface area (Å²) in [7, 11) is 0.